The number of rotatable bonds is 7. The van der Waals surface area contributed by atoms with Gasteiger partial charge in [-0.15, -0.1) is 0 Å². The zero-order valence-electron chi connectivity index (χ0n) is 21.6. The molecule has 6 nitrogen and oxygen atoms in total. The third-order valence-corrected chi connectivity index (χ3v) is 8.18. The number of amides is 2. The quantitative estimate of drug-likeness (QED) is 0.422. The summed E-state index contributed by atoms with van der Waals surface area (Å²) in [6, 6.07) is 12.1. The molecular formula is C29H35ClN2O4. The third kappa shape index (κ3) is 5.02. The second-order valence-corrected chi connectivity index (χ2v) is 11.5. The molecule has 2 aromatic carbocycles. The molecule has 7 heteroatoms. The second-order valence-electron chi connectivity index (χ2n) is 11.1. The van der Waals surface area contributed by atoms with Crippen LogP contribution in [0.5, 0.6) is 0 Å². The van der Waals surface area contributed by atoms with Crippen molar-refractivity contribution in [1.29, 1.82) is 0 Å². The van der Waals surface area contributed by atoms with E-state index in [-0.39, 0.29) is 11.6 Å². The maximum absolute atomic E-state index is 13.3. The van der Waals surface area contributed by atoms with Crippen molar-refractivity contribution in [2.24, 2.45) is 11.3 Å². The number of ether oxygens (including phenoxy) is 1. The molecule has 0 aromatic heterocycles. The lowest BCUT2D eigenvalue weighted by Gasteiger charge is -2.44. The van der Waals surface area contributed by atoms with E-state index >= 15 is 0 Å². The average molecular weight is 511 g/mol. The van der Waals surface area contributed by atoms with Crippen molar-refractivity contribution in [2.75, 3.05) is 18.6 Å². The number of halogens is 1. The predicted octanol–water partition coefficient (Wildman–Crippen LogP) is 6.94. The SMILES string of the molecule is COCCC1=CN(c2ccc(C(=O)O)cc2)C(=O)N[C@@]1(C)c1ccc(C2CC(C(C)(C)C)C2)c(Cl)c1. The molecule has 1 heterocycles. The van der Waals surface area contributed by atoms with Gasteiger partial charge in [0.05, 0.1) is 23.4 Å². The molecule has 2 amide bonds. The van der Waals surface area contributed by atoms with Gasteiger partial charge in [0, 0.05) is 18.3 Å². The Balaban J connectivity index is 1.63. The molecule has 1 fully saturated rings. The molecular weight excluding hydrogens is 476 g/mol. The Kier molecular flexibility index (Phi) is 7.22. The number of carbonyl (C=O) groups excluding carboxylic acids is 1. The number of aromatic carboxylic acids is 1. The summed E-state index contributed by atoms with van der Waals surface area (Å²) in [5.74, 6) is 0.162. The van der Waals surface area contributed by atoms with Crippen LogP contribution in [0.1, 0.15) is 74.4 Å². The Morgan fingerprint density at radius 1 is 1.19 bits per heavy atom. The Labute approximate surface area is 218 Å². The molecule has 0 unspecified atom stereocenters. The lowest BCUT2D eigenvalue weighted by molar-refractivity contribution is 0.0697. The largest absolute Gasteiger partial charge is 0.478 e. The van der Waals surface area contributed by atoms with Crippen LogP contribution in [0.3, 0.4) is 0 Å². The van der Waals surface area contributed by atoms with E-state index in [1.54, 1.807) is 19.2 Å². The fourth-order valence-corrected chi connectivity index (χ4v) is 5.52. The highest BCUT2D eigenvalue weighted by Gasteiger charge is 2.41. The number of hydrogen-bond acceptors (Lipinski definition) is 3. The number of methoxy groups -OCH3 is 1. The van der Waals surface area contributed by atoms with E-state index in [9.17, 15) is 14.7 Å². The second kappa shape index (κ2) is 9.91. The van der Waals surface area contributed by atoms with Gasteiger partial charge in [-0.3, -0.25) is 4.90 Å². The monoisotopic (exact) mass is 510 g/mol. The molecule has 4 rings (SSSR count). The molecule has 0 radical (unpaired) electrons. The molecule has 0 saturated heterocycles. The van der Waals surface area contributed by atoms with Crippen molar-refractivity contribution < 1.29 is 19.4 Å². The van der Waals surface area contributed by atoms with Gasteiger partial charge in [-0.05, 0) is 90.5 Å². The smallest absolute Gasteiger partial charge is 0.335 e. The van der Waals surface area contributed by atoms with E-state index in [4.69, 9.17) is 16.3 Å². The van der Waals surface area contributed by atoms with Crippen LogP contribution in [0.2, 0.25) is 5.02 Å². The molecule has 2 N–H and O–H groups in total. The maximum Gasteiger partial charge on any atom is 0.335 e. The molecule has 2 aromatic rings. The number of carboxylic acid groups (broad SMARTS) is 1. The summed E-state index contributed by atoms with van der Waals surface area (Å²) in [4.78, 5) is 26.0. The van der Waals surface area contributed by atoms with Crippen LogP contribution in [0.25, 0.3) is 0 Å². The van der Waals surface area contributed by atoms with Gasteiger partial charge in [0.15, 0.2) is 0 Å². The average Bonchev–Trinajstić information content (AvgIpc) is 2.77. The van der Waals surface area contributed by atoms with Gasteiger partial charge in [0.25, 0.3) is 0 Å². The topological polar surface area (TPSA) is 78.9 Å². The first kappa shape index (κ1) is 26.2. The normalized spacial score (nSPS) is 24.1. The Morgan fingerprint density at radius 3 is 2.42 bits per heavy atom. The number of carbonyl (C=O) groups is 2. The summed E-state index contributed by atoms with van der Waals surface area (Å²) in [6.07, 6.45) is 4.72. The zero-order chi connectivity index (χ0) is 26.3. The summed E-state index contributed by atoms with van der Waals surface area (Å²) >= 11 is 6.82. The van der Waals surface area contributed by atoms with E-state index in [1.807, 2.05) is 19.2 Å². The molecule has 0 bridgehead atoms. The highest BCUT2D eigenvalue weighted by molar-refractivity contribution is 6.31. The number of nitrogens with one attached hydrogen (secondary N) is 1. The highest BCUT2D eigenvalue weighted by Crippen LogP contribution is 2.51. The minimum absolute atomic E-state index is 0.166. The number of benzene rings is 2. The van der Waals surface area contributed by atoms with Gasteiger partial charge in [-0.25, -0.2) is 9.59 Å². The van der Waals surface area contributed by atoms with Crippen LogP contribution in [-0.4, -0.2) is 30.8 Å². The Hall–Kier alpha value is -2.83. The molecule has 0 spiro atoms. The van der Waals surface area contributed by atoms with Crippen LogP contribution in [0, 0.1) is 11.3 Å². The summed E-state index contributed by atoms with van der Waals surface area (Å²) < 4.78 is 5.35. The van der Waals surface area contributed by atoms with Crippen LogP contribution >= 0.6 is 11.6 Å². The van der Waals surface area contributed by atoms with Gasteiger partial charge in [0.2, 0.25) is 0 Å². The molecule has 1 atom stereocenters. The van der Waals surface area contributed by atoms with Gasteiger partial charge in [-0.2, -0.15) is 0 Å². The molecule has 192 valence electrons. The molecule has 1 saturated carbocycles. The van der Waals surface area contributed by atoms with Crippen molar-refractivity contribution in [3.05, 3.63) is 76.0 Å². The Morgan fingerprint density at radius 2 is 1.86 bits per heavy atom. The number of hydrogen-bond donors (Lipinski definition) is 2. The van der Waals surface area contributed by atoms with E-state index in [0.717, 1.165) is 29.0 Å². The first-order valence-corrected chi connectivity index (χ1v) is 12.8. The first-order chi connectivity index (χ1) is 16.9. The first-order valence-electron chi connectivity index (χ1n) is 12.4. The standard InChI is InChI=1S/C29H35ClN2O4/c1-28(2,3)22-14-19(15-22)24-11-8-20(16-25(24)30)29(4)21(12-13-36-5)17-32(27(35)31-29)23-9-6-18(7-10-23)26(33)34/h6-11,16-17,19,22H,12-15H2,1-5H3,(H,31,35)(H,33,34)/t19?,22?,29-/m0/s1. The van der Waals surface area contributed by atoms with Gasteiger partial charge < -0.3 is 15.2 Å². The van der Waals surface area contributed by atoms with E-state index in [2.05, 4.69) is 38.2 Å². The van der Waals surface area contributed by atoms with E-state index in [0.29, 0.717) is 36.0 Å². The third-order valence-electron chi connectivity index (χ3n) is 7.85. The van der Waals surface area contributed by atoms with Gasteiger partial charge in [0.1, 0.15) is 0 Å². The number of anilines is 1. The Bertz CT molecular complexity index is 1180. The summed E-state index contributed by atoms with van der Waals surface area (Å²) in [5, 5.41) is 13.1. The molecule has 2 aliphatic rings. The summed E-state index contributed by atoms with van der Waals surface area (Å²) in [5.41, 5.74) is 3.35. The lowest BCUT2D eigenvalue weighted by atomic mass is 9.61. The van der Waals surface area contributed by atoms with E-state index in [1.165, 1.54) is 22.6 Å². The van der Waals surface area contributed by atoms with Crippen LogP contribution in [0.15, 0.2) is 54.2 Å². The van der Waals surface area contributed by atoms with Gasteiger partial charge >= 0.3 is 12.0 Å². The fraction of sp³-hybridized carbons (Fsp3) is 0.448. The van der Waals surface area contributed by atoms with Crippen LogP contribution in [0.4, 0.5) is 10.5 Å². The predicted molar refractivity (Wildman–Crippen MR) is 143 cm³/mol. The molecule has 36 heavy (non-hydrogen) atoms. The fourth-order valence-electron chi connectivity index (χ4n) is 5.19. The van der Waals surface area contributed by atoms with Crippen molar-refractivity contribution in [3.63, 3.8) is 0 Å². The van der Waals surface area contributed by atoms with Crippen LogP contribution < -0.4 is 10.2 Å². The van der Waals surface area contributed by atoms with Crippen molar-refractivity contribution in [3.8, 4) is 0 Å². The number of carboxylic acids is 1. The van der Waals surface area contributed by atoms with E-state index < -0.39 is 11.5 Å². The summed E-state index contributed by atoms with van der Waals surface area (Å²) in [6.45, 7) is 9.36. The summed E-state index contributed by atoms with van der Waals surface area (Å²) in [7, 11) is 1.65. The number of urea groups is 1. The lowest BCUT2D eigenvalue weighted by Crippen LogP contribution is -2.54. The molecule has 1 aliphatic carbocycles. The maximum atomic E-state index is 13.3. The molecule has 1 aliphatic heterocycles. The highest BCUT2D eigenvalue weighted by atomic mass is 35.5. The van der Waals surface area contributed by atoms with Gasteiger partial charge in [-0.1, -0.05) is 44.5 Å². The number of nitrogens with zero attached hydrogens (tertiary/aromatic N) is 1. The zero-order valence-corrected chi connectivity index (χ0v) is 22.4. The van der Waals surface area contributed by atoms with Crippen molar-refractivity contribution >= 4 is 29.3 Å². The minimum Gasteiger partial charge on any atom is -0.478 e. The van der Waals surface area contributed by atoms with Crippen molar-refractivity contribution in [2.45, 2.75) is 58.4 Å². The van der Waals surface area contributed by atoms with Crippen LogP contribution in [-0.2, 0) is 10.3 Å². The minimum atomic E-state index is -1.01. The van der Waals surface area contributed by atoms with Crippen molar-refractivity contribution in [1.82, 2.24) is 5.32 Å².